The summed E-state index contributed by atoms with van der Waals surface area (Å²) in [5.74, 6) is 2.55. The molecule has 4 rings (SSSR count). The second-order valence-electron chi connectivity index (χ2n) is 5.01. The van der Waals surface area contributed by atoms with Crippen molar-refractivity contribution >= 4 is 38.8 Å². The average Bonchev–Trinajstić information content (AvgIpc) is 3.15. The lowest BCUT2D eigenvalue weighted by molar-refractivity contribution is 0.308. The van der Waals surface area contributed by atoms with Crippen molar-refractivity contribution in [1.82, 2.24) is 19.8 Å². The van der Waals surface area contributed by atoms with Gasteiger partial charge in [-0.15, -0.1) is 10.2 Å². The van der Waals surface area contributed by atoms with Gasteiger partial charge in [-0.3, -0.25) is 0 Å². The number of benzene rings is 2. The minimum Gasteiger partial charge on any atom is -0.486 e. The molecule has 0 aliphatic heterocycles. The van der Waals surface area contributed by atoms with Crippen molar-refractivity contribution in [3.8, 4) is 5.75 Å². The van der Waals surface area contributed by atoms with Gasteiger partial charge in [-0.2, -0.15) is 21.4 Å². The van der Waals surface area contributed by atoms with E-state index in [-0.39, 0.29) is 0 Å². The van der Waals surface area contributed by atoms with Crippen molar-refractivity contribution < 1.29 is 4.74 Å². The maximum absolute atomic E-state index is 5.99. The van der Waals surface area contributed by atoms with Gasteiger partial charge in [-0.25, -0.2) is 0 Å². The zero-order valence-corrected chi connectivity index (χ0v) is 14.1. The third-order valence-corrected chi connectivity index (χ3v) is 4.89. The first-order valence-corrected chi connectivity index (χ1v) is 9.35. The van der Waals surface area contributed by atoms with Crippen molar-refractivity contribution in [3.63, 3.8) is 0 Å². The van der Waals surface area contributed by atoms with Crippen LogP contribution in [-0.4, -0.2) is 26.1 Å². The third-order valence-electron chi connectivity index (χ3n) is 3.47. The van der Waals surface area contributed by atoms with Crippen LogP contribution >= 0.6 is 23.1 Å². The molecule has 0 aliphatic rings. The van der Waals surface area contributed by atoms with Gasteiger partial charge in [0.05, 0.1) is 5.75 Å². The zero-order chi connectivity index (χ0) is 15.6. The molecule has 5 nitrogen and oxygen atoms in total. The van der Waals surface area contributed by atoms with Crippen LogP contribution in [0.15, 0.2) is 42.5 Å². The molecule has 7 heteroatoms. The molecular formula is C16H14N4OS2. The van der Waals surface area contributed by atoms with E-state index in [1.807, 2.05) is 35.0 Å². The van der Waals surface area contributed by atoms with Crippen molar-refractivity contribution in [1.29, 1.82) is 0 Å². The quantitative estimate of drug-likeness (QED) is 0.552. The molecule has 0 aliphatic carbocycles. The monoisotopic (exact) mass is 342 g/mol. The summed E-state index contributed by atoms with van der Waals surface area (Å²) in [7, 11) is 0. The summed E-state index contributed by atoms with van der Waals surface area (Å²) in [6.45, 7) is 0.431. The largest absolute Gasteiger partial charge is 0.486 e. The highest BCUT2D eigenvalue weighted by Gasteiger charge is 2.12. The van der Waals surface area contributed by atoms with E-state index in [0.29, 0.717) is 6.61 Å². The molecule has 0 fully saturated rings. The molecule has 2 aromatic heterocycles. The molecule has 0 radical (unpaired) electrons. The van der Waals surface area contributed by atoms with E-state index in [9.17, 15) is 0 Å². The van der Waals surface area contributed by atoms with E-state index in [4.69, 9.17) is 4.74 Å². The Kier molecular flexibility index (Phi) is 3.88. The first kappa shape index (κ1) is 14.5. The average molecular weight is 342 g/mol. The van der Waals surface area contributed by atoms with Crippen molar-refractivity contribution in [3.05, 3.63) is 53.3 Å². The number of thioether (sulfide) groups is 1. The van der Waals surface area contributed by atoms with E-state index < -0.39 is 0 Å². The minimum absolute atomic E-state index is 0.431. The van der Waals surface area contributed by atoms with E-state index in [1.54, 1.807) is 11.8 Å². The van der Waals surface area contributed by atoms with Crippen LogP contribution in [0.1, 0.15) is 10.8 Å². The number of aromatic nitrogens is 4. The molecule has 4 aromatic rings. The molecule has 0 saturated heterocycles. The summed E-state index contributed by atoms with van der Waals surface area (Å²) in [5.41, 5.74) is 0. The van der Waals surface area contributed by atoms with Crippen LogP contribution in [0.25, 0.3) is 15.7 Å². The predicted molar refractivity (Wildman–Crippen MR) is 94.2 cm³/mol. The van der Waals surface area contributed by atoms with Crippen molar-refractivity contribution in [2.75, 3.05) is 6.26 Å². The van der Waals surface area contributed by atoms with Crippen LogP contribution in [0.5, 0.6) is 5.75 Å². The maximum atomic E-state index is 5.99. The summed E-state index contributed by atoms with van der Waals surface area (Å²) < 4.78 is 7.79. The summed E-state index contributed by atoms with van der Waals surface area (Å²) in [5, 5.41) is 16.0. The predicted octanol–water partition coefficient (Wildman–Crippen LogP) is 3.78. The van der Waals surface area contributed by atoms with E-state index in [0.717, 1.165) is 32.7 Å². The van der Waals surface area contributed by atoms with Gasteiger partial charge in [0.1, 0.15) is 12.4 Å². The molecule has 2 aromatic carbocycles. The van der Waals surface area contributed by atoms with Crippen molar-refractivity contribution in [2.24, 2.45) is 0 Å². The van der Waals surface area contributed by atoms with Crippen LogP contribution in [0, 0.1) is 0 Å². The second kappa shape index (κ2) is 6.17. The summed E-state index contributed by atoms with van der Waals surface area (Å²) >= 11 is 3.22. The van der Waals surface area contributed by atoms with Gasteiger partial charge in [0, 0.05) is 5.39 Å². The summed E-state index contributed by atoms with van der Waals surface area (Å²) in [4.78, 5) is 0.811. The van der Waals surface area contributed by atoms with Crippen LogP contribution in [0.2, 0.25) is 0 Å². The SMILES string of the molecule is CSCc1nnc2sc(COc3cccc4ccccc34)nn12. The molecule has 0 spiro atoms. The standard InChI is InChI=1S/C16H14N4OS2/c1-22-10-14-17-18-16-20(14)19-15(23-16)9-21-13-8-4-6-11-5-2-3-7-12(11)13/h2-8H,9-10H2,1H3. The van der Waals surface area contributed by atoms with Crippen LogP contribution < -0.4 is 4.74 Å². The zero-order valence-electron chi connectivity index (χ0n) is 12.5. The maximum Gasteiger partial charge on any atom is 0.234 e. The minimum atomic E-state index is 0.431. The number of hydrogen-bond acceptors (Lipinski definition) is 6. The molecular weight excluding hydrogens is 328 g/mol. The third kappa shape index (κ3) is 2.77. The van der Waals surface area contributed by atoms with Crippen LogP contribution in [-0.2, 0) is 12.4 Å². The molecule has 2 heterocycles. The van der Waals surface area contributed by atoms with Gasteiger partial charge in [-0.1, -0.05) is 47.7 Å². The smallest absolute Gasteiger partial charge is 0.234 e. The highest BCUT2D eigenvalue weighted by Crippen LogP contribution is 2.26. The molecule has 0 unspecified atom stereocenters. The van der Waals surface area contributed by atoms with Crippen LogP contribution in [0.3, 0.4) is 0 Å². The van der Waals surface area contributed by atoms with E-state index in [2.05, 4.69) is 33.5 Å². The topological polar surface area (TPSA) is 52.3 Å². The van der Waals surface area contributed by atoms with Gasteiger partial charge >= 0.3 is 0 Å². The normalized spacial score (nSPS) is 11.3. The van der Waals surface area contributed by atoms with Crippen molar-refractivity contribution in [2.45, 2.75) is 12.4 Å². The lowest BCUT2D eigenvalue weighted by Crippen LogP contribution is -1.99. The lowest BCUT2D eigenvalue weighted by Gasteiger charge is -2.07. The fraction of sp³-hybridized carbons (Fsp3) is 0.188. The Morgan fingerprint density at radius 1 is 1.13 bits per heavy atom. The van der Waals surface area contributed by atoms with E-state index in [1.165, 1.54) is 16.7 Å². The Hall–Kier alpha value is -2.12. The number of nitrogens with zero attached hydrogens (tertiary/aromatic N) is 4. The Balaban J connectivity index is 1.58. The molecule has 0 atom stereocenters. The number of ether oxygens (including phenoxy) is 1. The Morgan fingerprint density at radius 2 is 2.00 bits per heavy atom. The lowest BCUT2D eigenvalue weighted by atomic mass is 10.1. The molecule has 0 saturated carbocycles. The fourth-order valence-electron chi connectivity index (χ4n) is 2.44. The highest BCUT2D eigenvalue weighted by atomic mass is 32.2. The van der Waals surface area contributed by atoms with E-state index >= 15 is 0 Å². The first-order valence-electron chi connectivity index (χ1n) is 7.14. The Labute approximate surface area is 141 Å². The Bertz CT molecular complexity index is 958. The van der Waals surface area contributed by atoms with Crippen LogP contribution in [0.4, 0.5) is 0 Å². The molecule has 0 bridgehead atoms. The summed E-state index contributed by atoms with van der Waals surface area (Å²) in [6, 6.07) is 14.3. The second-order valence-corrected chi connectivity index (χ2v) is 6.91. The number of hydrogen-bond donors (Lipinski definition) is 0. The Morgan fingerprint density at radius 3 is 2.91 bits per heavy atom. The molecule has 0 N–H and O–H groups in total. The highest BCUT2D eigenvalue weighted by molar-refractivity contribution is 7.97. The van der Waals surface area contributed by atoms with Gasteiger partial charge in [0.15, 0.2) is 10.8 Å². The van der Waals surface area contributed by atoms with Gasteiger partial charge in [0.25, 0.3) is 0 Å². The number of rotatable bonds is 5. The molecule has 23 heavy (non-hydrogen) atoms. The number of fused-ring (bicyclic) bond motifs is 2. The van der Waals surface area contributed by atoms with Gasteiger partial charge < -0.3 is 4.74 Å². The fourth-order valence-corrected chi connectivity index (χ4v) is 3.64. The van der Waals surface area contributed by atoms with Gasteiger partial charge in [0.2, 0.25) is 4.96 Å². The molecule has 116 valence electrons. The first-order chi connectivity index (χ1) is 11.3. The molecule has 0 amide bonds. The summed E-state index contributed by atoms with van der Waals surface area (Å²) in [6.07, 6.45) is 2.04. The van der Waals surface area contributed by atoms with Gasteiger partial charge in [-0.05, 0) is 17.7 Å².